The lowest BCUT2D eigenvalue weighted by atomic mass is 9.87. The molecule has 0 radical (unpaired) electrons. The lowest BCUT2D eigenvalue weighted by Gasteiger charge is -2.50. The Balaban J connectivity index is 1.83. The number of nitrogens with zero attached hydrogens (tertiary/aromatic N) is 2. The molecule has 1 aliphatic rings. The summed E-state index contributed by atoms with van der Waals surface area (Å²) in [4.78, 5) is 27.7. The monoisotopic (exact) mass is 664 g/mol. The number of halogens is 3. The zero-order chi connectivity index (χ0) is 32.1. The van der Waals surface area contributed by atoms with Crippen LogP contribution in [0.1, 0.15) is 56.0 Å². The average molecular weight is 666 g/mol. The first-order valence-electron chi connectivity index (χ1n) is 14.2. The molecule has 8 nitrogen and oxygen atoms in total. The maximum atomic E-state index is 14.5. The van der Waals surface area contributed by atoms with Crippen molar-refractivity contribution in [1.82, 2.24) is 9.21 Å². The highest BCUT2D eigenvalue weighted by atomic mass is 35.5. The molecular weight excluding hydrogens is 630 g/mol. The van der Waals surface area contributed by atoms with Gasteiger partial charge in [0.25, 0.3) is 5.91 Å². The number of carboxylic acids is 1. The van der Waals surface area contributed by atoms with Gasteiger partial charge in [-0.25, -0.2) is 12.8 Å². The van der Waals surface area contributed by atoms with Gasteiger partial charge in [0.2, 0.25) is 10.9 Å². The highest BCUT2D eigenvalue weighted by molar-refractivity contribution is 7.69. The van der Waals surface area contributed by atoms with E-state index in [-0.39, 0.29) is 18.9 Å². The number of rotatable bonds is 12. The third-order valence-corrected chi connectivity index (χ3v) is 9.33. The van der Waals surface area contributed by atoms with Crippen molar-refractivity contribution in [3.8, 4) is 0 Å². The summed E-state index contributed by atoms with van der Waals surface area (Å²) in [6.07, 6.45) is -2.66. The fourth-order valence-corrected chi connectivity index (χ4v) is 6.70. The second kappa shape index (κ2) is 14.8. The Morgan fingerprint density at radius 3 is 2.27 bits per heavy atom. The number of carbonyl (C=O) groups excluding carboxylic acids is 1. The fraction of sp³-hybridized carbons (Fsp3) is 0.375. The summed E-state index contributed by atoms with van der Waals surface area (Å²) in [5.74, 6) is -2.52. The minimum atomic E-state index is -3.15. The van der Waals surface area contributed by atoms with Gasteiger partial charge < -0.3 is 14.7 Å². The molecule has 1 saturated heterocycles. The molecule has 0 spiro atoms. The van der Waals surface area contributed by atoms with Gasteiger partial charge in [-0.2, -0.15) is 4.31 Å². The molecule has 5 atom stereocenters. The van der Waals surface area contributed by atoms with Crippen molar-refractivity contribution in [2.24, 2.45) is 5.92 Å². The molecule has 1 heterocycles. The van der Waals surface area contributed by atoms with E-state index in [1.165, 1.54) is 10.4 Å². The van der Waals surface area contributed by atoms with Gasteiger partial charge in [-0.1, -0.05) is 79.5 Å². The van der Waals surface area contributed by atoms with Crippen LogP contribution >= 0.6 is 23.2 Å². The van der Waals surface area contributed by atoms with Crippen LogP contribution in [0.2, 0.25) is 10.0 Å². The van der Waals surface area contributed by atoms with E-state index < -0.39 is 65.3 Å². The first-order chi connectivity index (χ1) is 20.9. The van der Waals surface area contributed by atoms with Crippen molar-refractivity contribution in [2.45, 2.75) is 63.9 Å². The molecule has 44 heavy (non-hydrogen) atoms. The van der Waals surface area contributed by atoms with E-state index in [9.17, 15) is 27.5 Å². The largest absolute Gasteiger partial charge is 0.481 e. The summed E-state index contributed by atoms with van der Waals surface area (Å²) in [6.45, 7) is 5.31. The Morgan fingerprint density at radius 1 is 1.00 bits per heavy atom. The molecule has 3 aromatic carbocycles. The second-order valence-corrected chi connectivity index (χ2v) is 13.1. The van der Waals surface area contributed by atoms with Crippen LogP contribution in [0.5, 0.6) is 0 Å². The number of carboxylic acid groups (broad SMARTS) is 1. The molecule has 12 heteroatoms. The second-order valence-electron chi connectivity index (χ2n) is 11.3. The number of morpholine rings is 1. The first-order valence-corrected chi connectivity index (χ1v) is 16.1. The molecule has 236 valence electrons. The Bertz CT molecular complexity index is 1550. The number of amides is 1. The van der Waals surface area contributed by atoms with E-state index >= 15 is 0 Å². The van der Waals surface area contributed by atoms with Crippen LogP contribution in [0, 0.1) is 11.7 Å². The zero-order valence-corrected chi connectivity index (χ0v) is 26.9. The van der Waals surface area contributed by atoms with Crippen molar-refractivity contribution in [3.05, 3.63) is 105 Å². The minimum absolute atomic E-state index is 0.107. The number of ether oxygens (including phenoxy) is 1. The number of thiol groups is 1. The van der Waals surface area contributed by atoms with Crippen molar-refractivity contribution < 1.29 is 32.2 Å². The smallest absolute Gasteiger partial charge is 0.306 e. The molecule has 0 saturated carbocycles. The van der Waals surface area contributed by atoms with Crippen LogP contribution in [0.3, 0.4) is 0 Å². The molecule has 4 rings (SSSR count). The van der Waals surface area contributed by atoms with Gasteiger partial charge in [0, 0.05) is 28.7 Å². The number of aliphatic carboxylic acids is 1. The fourth-order valence-electron chi connectivity index (χ4n) is 5.67. The van der Waals surface area contributed by atoms with Gasteiger partial charge in [-0.15, -0.1) is 0 Å². The van der Waals surface area contributed by atoms with Crippen LogP contribution < -0.4 is 0 Å². The summed E-state index contributed by atoms with van der Waals surface area (Å²) in [5, 5.41) is 10.6. The maximum absolute atomic E-state index is 14.5. The lowest BCUT2D eigenvalue weighted by Crippen LogP contribution is -2.59. The summed E-state index contributed by atoms with van der Waals surface area (Å²) in [6, 6.07) is 17.8. The van der Waals surface area contributed by atoms with Gasteiger partial charge in [-0.05, 0) is 66.3 Å². The number of carbonyl (C=O) groups is 2. The van der Waals surface area contributed by atoms with Crippen LogP contribution in [0.15, 0.2) is 72.8 Å². The molecule has 1 unspecified atom stereocenters. The highest BCUT2D eigenvalue weighted by Gasteiger charge is 2.48. The van der Waals surface area contributed by atoms with Gasteiger partial charge in [0.05, 0.1) is 12.5 Å². The topological polar surface area (TPSA) is 104 Å². The van der Waals surface area contributed by atoms with Crippen LogP contribution in [-0.2, 0) is 31.6 Å². The molecule has 0 bridgehead atoms. The zero-order valence-electron chi connectivity index (χ0n) is 24.5. The summed E-state index contributed by atoms with van der Waals surface area (Å²) < 4.78 is 47.4. The molecule has 1 amide bonds. The number of hydrogen-bond donors (Lipinski definition) is 2. The average Bonchev–Trinajstić information content (AvgIpc) is 2.96. The molecule has 0 aromatic heterocycles. The Hall–Kier alpha value is -3.02. The lowest BCUT2D eigenvalue weighted by molar-refractivity contribution is -0.185. The Kier molecular flexibility index (Phi) is 11.4. The van der Waals surface area contributed by atoms with E-state index in [2.05, 4.69) is 0 Å². The standard InChI is InChI=1S/C32H35Cl2FN2O6S/c1-19(2)27(18-36(44(41)42)20(3)15-22-7-4-5-10-26(22)35)37-30(21-11-13-24(33)14-12-21)31(23-8-6-9-25(34)16-23)43-28(32(37)40)17-29(38)39/h4-14,16,19-20,27-28,30-31,44H,15,17-18H2,1-3H3,(H,38,39)/t20-,27?,28-,30+,31+/m0/s1. The first kappa shape index (κ1) is 33.9. The molecular formula is C32H35Cl2FN2O6S. The van der Waals surface area contributed by atoms with E-state index in [0.717, 1.165) is 0 Å². The van der Waals surface area contributed by atoms with E-state index in [0.29, 0.717) is 26.7 Å². The predicted molar refractivity (Wildman–Crippen MR) is 168 cm³/mol. The van der Waals surface area contributed by atoms with Gasteiger partial charge >= 0.3 is 5.97 Å². The van der Waals surface area contributed by atoms with Gasteiger partial charge in [0.15, 0.2) is 0 Å². The van der Waals surface area contributed by atoms with Crippen molar-refractivity contribution in [2.75, 3.05) is 6.54 Å². The van der Waals surface area contributed by atoms with E-state index in [1.807, 2.05) is 13.8 Å². The molecule has 1 N–H and O–H groups in total. The van der Waals surface area contributed by atoms with Gasteiger partial charge in [0.1, 0.15) is 18.0 Å². The highest BCUT2D eigenvalue weighted by Crippen LogP contribution is 2.45. The predicted octanol–water partition coefficient (Wildman–Crippen LogP) is 6.10. The molecule has 1 fully saturated rings. The SMILES string of the molecule is CC(C)C(CN([C@@H](C)Cc1ccccc1F)[SH](=O)=O)N1C(=O)[C@H](CC(=O)O)O[C@H](c2cccc(Cl)c2)[C@H]1c1ccc(Cl)cc1. The summed E-state index contributed by atoms with van der Waals surface area (Å²) >= 11 is 12.5. The third-order valence-electron chi connectivity index (χ3n) is 7.87. The Labute approximate surface area is 268 Å². The maximum Gasteiger partial charge on any atom is 0.306 e. The van der Waals surface area contributed by atoms with Gasteiger partial charge in [-0.3, -0.25) is 9.59 Å². The van der Waals surface area contributed by atoms with Crippen molar-refractivity contribution in [3.63, 3.8) is 0 Å². The quantitative estimate of drug-likeness (QED) is 0.227. The van der Waals surface area contributed by atoms with Crippen LogP contribution in [-0.4, -0.2) is 59.3 Å². The van der Waals surface area contributed by atoms with Crippen LogP contribution in [0.4, 0.5) is 4.39 Å². The third kappa shape index (κ3) is 7.97. The van der Waals surface area contributed by atoms with E-state index in [1.54, 1.807) is 78.6 Å². The van der Waals surface area contributed by atoms with Crippen molar-refractivity contribution in [1.29, 1.82) is 0 Å². The summed E-state index contributed by atoms with van der Waals surface area (Å²) in [7, 11) is -3.15. The molecule has 0 aliphatic carbocycles. The number of benzene rings is 3. The minimum Gasteiger partial charge on any atom is -0.481 e. The normalized spacial score (nSPS) is 20.3. The molecule has 1 aliphatic heterocycles. The molecule has 3 aromatic rings. The Morgan fingerprint density at radius 2 is 1.68 bits per heavy atom. The van der Waals surface area contributed by atoms with Crippen LogP contribution in [0.25, 0.3) is 0 Å². The number of hydrogen-bond acceptors (Lipinski definition) is 5. The van der Waals surface area contributed by atoms with E-state index in [4.69, 9.17) is 27.9 Å². The summed E-state index contributed by atoms with van der Waals surface area (Å²) in [5.41, 5.74) is 1.64. The van der Waals surface area contributed by atoms with Crippen molar-refractivity contribution >= 4 is 46.0 Å².